The Balaban J connectivity index is 1.74. The van der Waals surface area contributed by atoms with Crippen molar-refractivity contribution in [2.24, 2.45) is 34.5 Å². The first-order valence-corrected chi connectivity index (χ1v) is 9.20. The summed E-state index contributed by atoms with van der Waals surface area (Å²) in [7, 11) is 0. The van der Waals surface area contributed by atoms with Gasteiger partial charge in [-0.3, -0.25) is 4.79 Å². The second-order valence-electron chi connectivity index (χ2n) is 9.06. The number of halogens is 2. The largest absolute Gasteiger partial charge is 0.299 e. The van der Waals surface area contributed by atoms with Crippen LogP contribution in [0.3, 0.4) is 0 Å². The van der Waals surface area contributed by atoms with Gasteiger partial charge in [0.05, 0.1) is 0 Å². The molecular formula is C19H28F2O. The zero-order valence-corrected chi connectivity index (χ0v) is 13.8. The highest BCUT2D eigenvalue weighted by Gasteiger charge is 2.66. The van der Waals surface area contributed by atoms with Crippen LogP contribution in [0.2, 0.25) is 0 Å². The molecule has 4 saturated carbocycles. The van der Waals surface area contributed by atoms with Crippen LogP contribution in [0.25, 0.3) is 0 Å². The minimum absolute atomic E-state index is 0.0471. The Hall–Kier alpha value is -0.470. The lowest BCUT2D eigenvalue weighted by atomic mass is 9.44. The van der Waals surface area contributed by atoms with Crippen molar-refractivity contribution in [1.29, 1.82) is 0 Å². The van der Waals surface area contributed by atoms with Gasteiger partial charge in [0.25, 0.3) is 5.92 Å². The van der Waals surface area contributed by atoms with E-state index in [1.807, 2.05) is 0 Å². The van der Waals surface area contributed by atoms with E-state index in [2.05, 4.69) is 13.8 Å². The summed E-state index contributed by atoms with van der Waals surface area (Å²) in [6, 6.07) is 0. The Morgan fingerprint density at radius 3 is 2.55 bits per heavy atom. The van der Waals surface area contributed by atoms with Gasteiger partial charge in [0.1, 0.15) is 5.78 Å². The topological polar surface area (TPSA) is 17.1 Å². The van der Waals surface area contributed by atoms with Crippen LogP contribution in [0, 0.1) is 34.5 Å². The fourth-order valence-corrected chi connectivity index (χ4v) is 7.11. The van der Waals surface area contributed by atoms with Gasteiger partial charge in [0.2, 0.25) is 0 Å². The molecule has 0 N–H and O–H groups in total. The molecule has 4 rings (SSSR count). The van der Waals surface area contributed by atoms with E-state index in [4.69, 9.17) is 0 Å². The maximum atomic E-state index is 15.0. The van der Waals surface area contributed by atoms with Crippen LogP contribution in [0.5, 0.6) is 0 Å². The summed E-state index contributed by atoms with van der Waals surface area (Å²) in [6.45, 7) is 4.22. The Kier molecular flexibility index (Phi) is 3.11. The highest BCUT2D eigenvalue weighted by Crippen LogP contribution is 2.68. The normalized spacial score (nSPS) is 53.5. The SMILES string of the molecule is C[C@]12CCCC[C@@H]1C(F)(F)C[C@H]1[C@H]2CC[C@]2(C)C(=O)CC[C@H]12. The highest BCUT2D eigenvalue weighted by molar-refractivity contribution is 5.87. The molecule has 124 valence electrons. The van der Waals surface area contributed by atoms with E-state index >= 15 is 0 Å². The molecule has 0 aromatic rings. The Morgan fingerprint density at radius 1 is 1.00 bits per heavy atom. The fourth-order valence-electron chi connectivity index (χ4n) is 7.11. The minimum Gasteiger partial charge on any atom is -0.299 e. The average molecular weight is 310 g/mol. The number of Topliss-reactive ketones (excluding diaryl/α,β-unsaturated/α-hetero) is 1. The van der Waals surface area contributed by atoms with E-state index in [-0.39, 0.29) is 29.1 Å². The van der Waals surface area contributed by atoms with Crippen molar-refractivity contribution in [2.45, 2.75) is 77.6 Å². The number of fused-ring (bicyclic) bond motifs is 5. The third kappa shape index (κ3) is 1.77. The number of carbonyl (C=O) groups is 1. The molecular weight excluding hydrogens is 282 g/mol. The number of hydrogen-bond acceptors (Lipinski definition) is 1. The predicted molar refractivity (Wildman–Crippen MR) is 81.7 cm³/mol. The van der Waals surface area contributed by atoms with Crippen LogP contribution in [0.4, 0.5) is 8.78 Å². The highest BCUT2D eigenvalue weighted by atomic mass is 19.3. The van der Waals surface area contributed by atoms with Gasteiger partial charge in [-0.25, -0.2) is 8.78 Å². The lowest BCUT2D eigenvalue weighted by Gasteiger charge is -2.61. The summed E-state index contributed by atoms with van der Waals surface area (Å²) in [5.41, 5.74) is -0.493. The van der Waals surface area contributed by atoms with Crippen molar-refractivity contribution < 1.29 is 13.6 Å². The Morgan fingerprint density at radius 2 is 1.77 bits per heavy atom. The van der Waals surface area contributed by atoms with E-state index in [9.17, 15) is 13.6 Å². The van der Waals surface area contributed by atoms with Crippen LogP contribution in [0.15, 0.2) is 0 Å². The van der Waals surface area contributed by atoms with Gasteiger partial charge >= 0.3 is 0 Å². The zero-order chi connectivity index (χ0) is 15.8. The molecule has 0 saturated heterocycles. The van der Waals surface area contributed by atoms with Gasteiger partial charge in [-0.15, -0.1) is 0 Å². The smallest absolute Gasteiger partial charge is 0.251 e. The Labute approximate surface area is 132 Å². The van der Waals surface area contributed by atoms with Crippen molar-refractivity contribution in [3.8, 4) is 0 Å². The molecule has 22 heavy (non-hydrogen) atoms. The van der Waals surface area contributed by atoms with Crippen LogP contribution in [-0.4, -0.2) is 11.7 Å². The third-order valence-electron chi connectivity index (χ3n) is 8.27. The lowest BCUT2D eigenvalue weighted by molar-refractivity contribution is -0.222. The molecule has 0 bridgehead atoms. The molecule has 0 aromatic carbocycles. The molecule has 0 amide bonds. The molecule has 4 aliphatic carbocycles. The molecule has 0 spiro atoms. The monoisotopic (exact) mass is 310 g/mol. The number of carbonyl (C=O) groups excluding carboxylic acids is 1. The van der Waals surface area contributed by atoms with Crippen LogP contribution >= 0.6 is 0 Å². The third-order valence-corrected chi connectivity index (χ3v) is 8.27. The minimum atomic E-state index is -2.53. The molecule has 0 unspecified atom stereocenters. The van der Waals surface area contributed by atoms with Crippen molar-refractivity contribution in [3.05, 3.63) is 0 Å². The maximum Gasteiger partial charge on any atom is 0.251 e. The quantitative estimate of drug-likeness (QED) is 0.598. The van der Waals surface area contributed by atoms with Gasteiger partial charge in [0, 0.05) is 24.2 Å². The van der Waals surface area contributed by atoms with Gasteiger partial charge < -0.3 is 0 Å². The summed E-state index contributed by atoms with van der Waals surface area (Å²) < 4.78 is 29.9. The predicted octanol–water partition coefficient (Wildman–Crippen LogP) is 5.23. The molecule has 4 fully saturated rings. The molecule has 0 heterocycles. The van der Waals surface area contributed by atoms with E-state index in [0.717, 1.165) is 38.5 Å². The molecule has 4 aliphatic rings. The van der Waals surface area contributed by atoms with Crippen LogP contribution in [0.1, 0.15) is 71.6 Å². The van der Waals surface area contributed by atoms with E-state index in [0.29, 0.717) is 24.5 Å². The number of rotatable bonds is 0. The molecule has 6 atom stereocenters. The van der Waals surface area contributed by atoms with Crippen molar-refractivity contribution >= 4 is 5.78 Å². The number of ketones is 1. The van der Waals surface area contributed by atoms with E-state index in [1.165, 1.54) is 0 Å². The summed E-state index contributed by atoms with van der Waals surface area (Å²) in [4.78, 5) is 12.3. The summed E-state index contributed by atoms with van der Waals surface area (Å²) in [5.74, 6) is -1.91. The van der Waals surface area contributed by atoms with E-state index in [1.54, 1.807) is 0 Å². The maximum absolute atomic E-state index is 15.0. The molecule has 0 aromatic heterocycles. The van der Waals surface area contributed by atoms with Crippen molar-refractivity contribution in [1.82, 2.24) is 0 Å². The van der Waals surface area contributed by atoms with E-state index < -0.39 is 11.8 Å². The van der Waals surface area contributed by atoms with Gasteiger partial charge in [0.15, 0.2) is 0 Å². The Bertz CT molecular complexity index is 502. The zero-order valence-electron chi connectivity index (χ0n) is 13.8. The first-order chi connectivity index (χ1) is 10.3. The molecule has 1 nitrogen and oxygen atoms in total. The summed E-state index contributed by atoms with van der Waals surface area (Å²) in [6.07, 6.45) is 7.19. The fraction of sp³-hybridized carbons (Fsp3) is 0.947. The molecule has 3 heteroatoms. The second-order valence-corrected chi connectivity index (χ2v) is 9.06. The molecule has 0 radical (unpaired) electrons. The summed E-state index contributed by atoms with van der Waals surface area (Å²) >= 11 is 0. The molecule has 0 aliphatic heterocycles. The number of hydrogen-bond donors (Lipinski definition) is 0. The summed E-state index contributed by atoms with van der Waals surface area (Å²) in [5, 5.41) is 0. The van der Waals surface area contributed by atoms with Gasteiger partial charge in [-0.1, -0.05) is 26.7 Å². The van der Waals surface area contributed by atoms with Crippen molar-refractivity contribution in [2.75, 3.05) is 0 Å². The average Bonchev–Trinajstić information content (AvgIpc) is 2.74. The second kappa shape index (κ2) is 4.54. The first-order valence-electron chi connectivity index (χ1n) is 9.20. The number of alkyl halides is 2. The van der Waals surface area contributed by atoms with Crippen LogP contribution < -0.4 is 0 Å². The van der Waals surface area contributed by atoms with Crippen LogP contribution in [-0.2, 0) is 4.79 Å². The van der Waals surface area contributed by atoms with Crippen molar-refractivity contribution in [3.63, 3.8) is 0 Å². The standard InChI is InChI=1S/C19H28F2O/c1-17-9-4-3-5-15(17)19(20,21)11-12-13-6-7-16(22)18(13,2)10-8-14(12)17/h12-15H,3-11H2,1-2H3/t12-,13-,14-,15+,17-,18+/m1/s1. The van der Waals surface area contributed by atoms with Gasteiger partial charge in [-0.05, 0) is 55.3 Å². The lowest BCUT2D eigenvalue weighted by Crippen LogP contribution is -2.59. The first kappa shape index (κ1) is 15.1. The van der Waals surface area contributed by atoms with Gasteiger partial charge in [-0.2, -0.15) is 0 Å².